The molecular weight excluding hydrogens is 336 g/mol. The molecule has 0 aliphatic heterocycles. The molecule has 2 aromatic rings. The monoisotopic (exact) mass is 358 g/mol. The highest BCUT2D eigenvalue weighted by atomic mass is 32.2. The summed E-state index contributed by atoms with van der Waals surface area (Å²) in [6.45, 7) is 6.43. The third-order valence-electron chi connectivity index (χ3n) is 2.97. The number of nitrogens with one attached hydrogen (secondary N) is 3. The average Bonchev–Trinajstić information content (AvgIpc) is 2.54. The average molecular weight is 358 g/mol. The number of rotatable bonds is 4. The first-order chi connectivity index (χ1) is 11.8. The molecule has 1 heterocycles. The number of aromatic nitrogens is 1. The minimum absolute atomic E-state index is 0.130. The molecule has 0 aliphatic rings. The van der Waals surface area contributed by atoms with Crippen molar-refractivity contribution in [2.45, 2.75) is 36.8 Å². The Balaban J connectivity index is 1.77. The van der Waals surface area contributed by atoms with Crippen LogP contribution in [0.3, 0.4) is 0 Å². The SMILES string of the molecule is CC(C)(C)Sc1ccc(NC(=O)NNC(=O)Cc2ccncc2)cc1. The molecule has 132 valence electrons. The maximum Gasteiger partial charge on any atom is 0.337 e. The summed E-state index contributed by atoms with van der Waals surface area (Å²) in [4.78, 5) is 28.6. The third-order valence-corrected chi connectivity index (χ3v) is 4.09. The zero-order valence-corrected chi connectivity index (χ0v) is 15.3. The van der Waals surface area contributed by atoms with Crippen molar-refractivity contribution in [1.29, 1.82) is 0 Å². The van der Waals surface area contributed by atoms with Crippen molar-refractivity contribution in [3.63, 3.8) is 0 Å². The highest BCUT2D eigenvalue weighted by Crippen LogP contribution is 2.32. The van der Waals surface area contributed by atoms with Crippen molar-refractivity contribution in [2.24, 2.45) is 0 Å². The fourth-order valence-corrected chi connectivity index (χ4v) is 2.96. The van der Waals surface area contributed by atoms with Gasteiger partial charge in [0.1, 0.15) is 0 Å². The van der Waals surface area contributed by atoms with Gasteiger partial charge in [0.25, 0.3) is 0 Å². The van der Waals surface area contributed by atoms with Gasteiger partial charge < -0.3 is 5.32 Å². The van der Waals surface area contributed by atoms with Crippen molar-refractivity contribution in [1.82, 2.24) is 15.8 Å². The van der Waals surface area contributed by atoms with Crippen LogP contribution in [0.1, 0.15) is 26.3 Å². The third kappa shape index (κ3) is 7.26. The van der Waals surface area contributed by atoms with E-state index in [-0.39, 0.29) is 17.1 Å². The van der Waals surface area contributed by atoms with Crippen molar-refractivity contribution in [2.75, 3.05) is 5.32 Å². The molecule has 1 aromatic heterocycles. The topological polar surface area (TPSA) is 83.1 Å². The summed E-state index contributed by atoms with van der Waals surface area (Å²) in [5.74, 6) is -0.307. The molecule has 0 atom stereocenters. The van der Waals surface area contributed by atoms with Crippen molar-refractivity contribution in [3.05, 3.63) is 54.4 Å². The summed E-state index contributed by atoms with van der Waals surface area (Å²) in [6, 6.07) is 10.5. The summed E-state index contributed by atoms with van der Waals surface area (Å²) in [6.07, 6.45) is 3.40. The van der Waals surface area contributed by atoms with Crippen LogP contribution in [0.2, 0.25) is 0 Å². The molecule has 0 radical (unpaired) electrons. The van der Waals surface area contributed by atoms with Gasteiger partial charge in [0.2, 0.25) is 5.91 Å². The number of amides is 3. The molecule has 0 aliphatic carbocycles. The van der Waals surface area contributed by atoms with E-state index in [1.807, 2.05) is 24.3 Å². The van der Waals surface area contributed by atoms with E-state index in [0.29, 0.717) is 5.69 Å². The van der Waals surface area contributed by atoms with Gasteiger partial charge in [-0.3, -0.25) is 15.2 Å². The zero-order chi connectivity index (χ0) is 18.3. The Bertz CT molecular complexity index is 712. The first-order valence-corrected chi connectivity index (χ1v) is 8.67. The molecule has 3 amide bonds. The van der Waals surface area contributed by atoms with Gasteiger partial charge in [0.05, 0.1) is 6.42 Å². The van der Waals surface area contributed by atoms with E-state index in [9.17, 15) is 9.59 Å². The predicted octanol–water partition coefficient (Wildman–Crippen LogP) is 3.37. The van der Waals surface area contributed by atoms with Crippen molar-refractivity contribution in [3.8, 4) is 0 Å². The summed E-state index contributed by atoms with van der Waals surface area (Å²) in [5.41, 5.74) is 6.17. The number of thioether (sulfide) groups is 1. The lowest BCUT2D eigenvalue weighted by Gasteiger charge is -2.17. The van der Waals surface area contributed by atoms with Gasteiger partial charge in [-0.05, 0) is 42.0 Å². The summed E-state index contributed by atoms with van der Waals surface area (Å²) in [7, 11) is 0. The van der Waals surface area contributed by atoms with Crippen LogP contribution >= 0.6 is 11.8 Å². The van der Waals surface area contributed by atoms with Crippen LogP contribution < -0.4 is 16.2 Å². The Kier molecular flexibility index (Phi) is 6.41. The second-order valence-corrected chi connectivity index (χ2v) is 8.30. The number of hydrazine groups is 1. The number of benzene rings is 1. The second-order valence-electron chi connectivity index (χ2n) is 6.40. The lowest BCUT2D eigenvalue weighted by molar-refractivity contribution is -0.121. The molecule has 2 rings (SSSR count). The van der Waals surface area contributed by atoms with Crippen molar-refractivity contribution < 1.29 is 9.59 Å². The van der Waals surface area contributed by atoms with Gasteiger partial charge in [-0.25, -0.2) is 10.2 Å². The van der Waals surface area contributed by atoms with E-state index in [1.165, 1.54) is 0 Å². The molecule has 3 N–H and O–H groups in total. The summed E-state index contributed by atoms with van der Waals surface area (Å²) >= 11 is 1.75. The van der Waals surface area contributed by atoms with E-state index in [1.54, 1.807) is 36.3 Å². The van der Waals surface area contributed by atoms with Crippen LogP contribution in [0.5, 0.6) is 0 Å². The van der Waals surface area contributed by atoms with Crippen LogP contribution in [-0.2, 0) is 11.2 Å². The normalized spacial score (nSPS) is 10.8. The lowest BCUT2D eigenvalue weighted by Crippen LogP contribution is -2.44. The van der Waals surface area contributed by atoms with Gasteiger partial charge in [-0.15, -0.1) is 11.8 Å². The Morgan fingerprint density at radius 1 is 1.00 bits per heavy atom. The van der Waals surface area contributed by atoms with Crippen LogP contribution in [0.25, 0.3) is 0 Å². The second kappa shape index (κ2) is 8.53. The number of nitrogens with zero attached hydrogens (tertiary/aromatic N) is 1. The van der Waals surface area contributed by atoms with Crippen LogP contribution in [0.4, 0.5) is 10.5 Å². The molecular formula is C18H22N4O2S. The van der Waals surface area contributed by atoms with Gasteiger partial charge in [-0.1, -0.05) is 20.8 Å². The smallest absolute Gasteiger partial charge is 0.307 e. The zero-order valence-electron chi connectivity index (χ0n) is 14.5. The van der Waals surface area contributed by atoms with Gasteiger partial charge in [0.15, 0.2) is 0 Å². The standard InChI is InChI=1S/C18H22N4O2S/c1-18(2,3)25-15-6-4-14(5-7-15)20-17(24)22-21-16(23)12-13-8-10-19-11-9-13/h4-11H,12H2,1-3H3,(H,21,23)(H2,20,22,24). The van der Waals surface area contributed by atoms with Crippen molar-refractivity contribution >= 4 is 29.4 Å². The first kappa shape index (κ1) is 18.8. The molecule has 0 fully saturated rings. The van der Waals surface area contributed by atoms with E-state index in [4.69, 9.17) is 0 Å². The Labute approximate surface area is 151 Å². The minimum atomic E-state index is -0.501. The van der Waals surface area contributed by atoms with Gasteiger partial charge in [0, 0.05) is 27.7 Å². The molecule has 0 unspecified atom stereocenters. The molecule has 1 aromatic carbocycles. The number of carbonyl (C=O) groups is 2. The summed E-state index contributed by atoms with van der Waals surface area (Å²) < 4.78 is 0.130. The van der Waals surface area contributed by atoms with Crippen LogP contribution in [0.15, 0.2) is 53.7 Å². The number of anilines is 1. The lowest BCUT2D eigenvalue weighted by atomic mass is 10.2. The fraction of sp³-hybridized carbons (Fsp3) is 0.278. The quantitative estimate of drug-likeness (QED) is 0.578. The van der Waals surface area contributed by atoms with Crippen LogP contribution in [-0.4, -0.2) is 21.7 Å². The molecule has 0 spiro atoms. The Morgan fingerprint density at radius 2 is 1.64 bits per heavy atom. The molecule has 25 heavy (non-hydrogen) atoms. The number of hydrogen-bond acceptors (Lipinski definition) is 4. The molecule has 0 saturated heterocycles. The van der Waals surface area contributed by atoms with Crippen LogP contribution in [0, 0.1) is 0 Å². The maximum atomic E-state index is 11.8. The van der Waals surface area contributed by atoms with E-state index < -0.39 is 6.03 Å². The molecule has 7 heteroatoms. The molecule has 0 bridgehead atoms. The highest BCUT2D eigenvalue weighted by Gasteiger charge is 2.12. The predicted molar refractivity (Wildman–Crippen MR) is 100 cm³/mol. The molecule has 6 nitrogen and oxygen atoms in total. The Hall–Kier alpha value is -2.54. The summed E-state index contributed by atoms with van der Waals surface area (Å²) in [5, 5.41) is 2.67. The number of hydrogen-bond donors (Lipinski definition) is 3. The maximum absolute atomic E-state index is 11.8. The fourth-order valence-electron chi connectivity index (χ4n) is 1.98. The number of pyridine rings is 1. The Morgan fingerprint density at radius 3 is 2.24 bits per heavy atom. The molecule has 0 saturated carbocycles. The minimum Gasteiger partial charge on any atom is -0.307 e. The highest BCUT2D eigenvalue weighted by molar-refractivity contribution is 8.00. The largest absolute Gasteiger partial charge is 0.337 e. The van der Waals surface area contributed by atoms with E-state index >= 15 is 0 Å². The number of urea groups is 1. The van der Waals surface area contributed by atoms with Gasteiger partial charge >= 0.3 is 6.03 Å². The van der Waals surface area contributed by atoms with E-state index in [2.05, 4.69) is 41.9 Å². The van der Waals surface area contributed by atoms with Gasteiger partial charge in [-0.2, -0.15) is 0 Å². The number of carbonyl (C=O) groups excluding carboxylic acids is 2. The van der Waals surface area contributed by atoms with E-state index in [0.717, 1.165) is 10.5 Å². The first-order valence-electron chi connectivity index (χ1n) is 7.86.